The first-order valence-corrected chi connectivity index (χ1v) is 16.2. The molecule has 0 atom stereocenters. The third-order valence-electron chi connectivity index (χ3n) is 8.80. The van der Waals surface area contributed by atoms with E-state index in [1.165, 1.54) is 0 Å². The quantitative estimate of drug-likeness (QED) is 0.0779. The molecular formula is C39H23N3O7S. The van der Waals surface area contributed by atoms with Crippen LogP contribution in [0.25, 0.3) is 87.4 Å². The molecule has 10 nitrogen and oxygen atoms in total. The molecular weight excluding hydrogens is 655 g/mol. The zero-order valence-electron chi connectivity index (χ0n) is 25.7. The van der Waals surface area contributed by atoms with E-state index >= 15 is 0 Å². The van der Waals surface area contributed by atoms with Gasteiger partial charge in [0.05, 0.1) is 16.3 Å². The van der Waals surface area contributed by atoms with Crippen LogP contribution in [-0.2, 0) is 0 Å². The van der Waals surface area contributed by atoms with E-state index in [9.17, 15) is 30.6 Å². The van der Waals surface area contributed by atoms with Crippen LogP contribution in [0.1, 0.15) is 0 Å². The number of phenolic OH excluding ortho intramolecular Hbond substituents is 6. The number of aromatic hydroxyl groups is 6. The summed E-state index contributed by atoms with van der Waals surface area (Å²) >= 11 is 1.60. The van der Waals surface area contributed by atoms with Crippen molar-refractivity contribution in [2.24, 2.45) is 0 Å². The van der Waals surface area contributed by atoms with Gasteiger partial charge in [0.25, 0.3) is 0 Å². The van der Waals surface area contributed by atoms with Crippen LogP contribution in [0.4, 0.5) is 0 Å². The SMILES string of the molecule is Oc1c(O)c(O)c2c(oc3c(O)c(-c4nc(-c5ccccc5)nc(-c5ccccc5)n4)c(O)c(O)c32)c1-c1ccc2sc3ccccc3c2c1. The van der Waals surface area contributed by atoms with Crippen LogP contribution in [0.2, 0.25) is 0 Å². The lowest BCUT2D eigenvalue weighted by Gasteiger charge is -2.12. The zero-order valence-corrected chi connectivity index (χ0v) is 26.5. The van der Waals surface area contributed by atoms with E-state index in [1.807, 2.05) is 72.8 Å². The van der Waals surface area contributed by atoms with Gasteiger partial charge in [-0.2, -0.15) is 0 Å². The molecule has 0 radical (unpaired) electrons. The summed E-state index contributed by atoms with van der Waals surface area (Å²) in [5.74, 6) is -4.29. The third kappa shape index (κ3) is 4.24. The molecule has 242 valence electrons. The molecule has 0 spiro atoms. The number of phenols is 6. The number of thiophene rings is 1. The van der Waals surface area contributed by atoms with Gasteiger partial charge in [-0.25, -0.2) is 15.0 Å². The van der Waals surface area contributed by atoms with Gasteiger partial charge in [-0.15, -0.1) is 11.3 Å². The fourth-order valence-electron chi connectivity index (χ4n) is 6.43. The molecule has 0 bridgehead atoms. The highest BCUT2D eigenvalue weighted by molar-refractivity contribution is 7.25. The number of fused-ring (bicyclic) bond motifs is 6. The molecule has 3 heterocycles. The smallest absolute Gasteiger partial charge is 0.201 e. The molecule has 9 rings (SSSR count). The Labute approximate surface area is 285 Å². The number of aromatic nitrogens is 3. The predicted molar refractivity (Wildman–Crippen MR) is 192 cm³/mol. The van der Waals surface area contributed by atoms with Gasteiger partial charge in [-0.1, -0.05) is 84.9 Å². The second kappa shape index (κ2) is 10.8. The first-order chi connectivity index (χ1) is 24.3. The van der Waals surface area contributed by atoms with Crippen molar-refractivity contribution in [1.82, 2.24) is 15.0 Å². The maximum absolute atomic E-state index is 11.8. The van der Waals surface area contributed by atoms with Gasteiger partial charge in [0.1, 0.15) is 5.56 Å². The molecule has 50 heavy (non-hydrogen) atoms. The second-order valence-corrected chi connectivity index (χ2v) is 12.8. The average Bonchev–Trinajstić information content (AvgIpc) is 3.73. The Hall–Kier alpha value is -6.85. The standard InChI is InChI=1S/C39H23N3O7S/c43-29-25(20-15-16-24-22(17-20)21-13-7-8-14-23(21)50-24)35-26(31(45)34(29)48)27-30(44)32(46)28(33(47)36(27)49-35)39-41-37(18-9-3-1-4-10-18)40-38(42-39)19-11-5-2-6-12-19/h1-17,43-48H. The summed E-state index contributed by atoms with van der Waals surface area (Å²) in [7, 11) is 0. The summed E-state index contributed by atoms with van der Waals surface area (Å²) in [4.78, 5) is 13.7. The Morgan fingerprint density at radius 1 is 0.420 bits per heavy atom. The van der Waals surface area contributed by atoms with Crippen LogP contribution < -0.4 is 0 Å². The molecule has 3 aromatic heterocycles. The van der Waals surface area contributed by atoms with Crippen molar-refractivity contribution in [2.75, 3.05) is 0 Å². The van der Waals surface area contributed by atoms with Crippen molar-refractivity contribution in [3.8, 4) is 79.8 Å². The van der Waals surface area contributed by atoms with Gasteiger partial charge >= 0.3 is 0 Å². The molecule has 0 unspecified atom stereocenters. The minimum absolute atomic E-state index is 0.00131. The van der Waals surface area contributed by atoms with Gasteiger partial charge in [0.2, 0.25) is 5.75 Å². The second-order valence-electron chi connectivity index (χ2n) is 11.7. The molecule has 6 aromatic carbocycles. The molecule has 0 aliphatic carbocycles. The summed E-state index contributed by atoms with van der Waals surface area (Å²) in [6, 6.07) is 31.4. The Balaban J connectivity index is 1.33. The molecule has 0 amide bonds. The topological polar surface area (TPSA) is 173 Å². The Kier molecular flexibility index (Phi) is 6.35. The number of rotatable bonds is 4. The highest BCUT2D eigenvalue weighted by Crippen LogP contribution is 2.58. The summed E-state index contributed by atoms with van der Waals surface area (Å²) in [5, 5.41) is 69.4. The number of nitrogens with zero attached hydrogens (tertiary/aromatic N) is 3. The van der Waals surface area contributed by atoms with Gasteiger partial charge in [0.15, 0.2) is 57.4 Å². The average molecular weight is 678 g/mol. The van der Waals surface area contributed by atoms with Gasteiger partial charge in [0, 0.05) is 31.3 Å². The highest BCUT2D eigenvalue weighted by atomic mass is 32.1. The van der Waals surface area contributed by atoms with Gasteiger partial charge < -0.3 is 35.1 Å². The van der Waals surface area contributed by atoms with E-state index in [2.05, 4.69) is 15.0 Å². The Morgan fingerprint density at radius 2 is 0.960 bits per heavy atom. The van der Waals surface area contributed by atoms with Crippen molar-refractivity contribution in [3.05, 3.63) is 103 Å². The molecule has 0 aliphatic rings. The molecule has 0 saturated carbocycles. The molecule has 0 aliphatic heterocycles. The lowest BCUT2D eigenvalue weighted by Crippen LogP contribution is -2.00. The summed E-state index contributed by atoms with van der Waals surface area (Å²) in [6.07, 6.45) is 0. The molecule has 6 N–H and O–H groups in total. The van der Waals surface area contributed by atoms with Crippen LogP contribution in [0.15, 0.2) is 108 Å². The zero-order chi connectivity index (χ0) is 34.3. The van der Waals surface area contributed by atoms with Gasteiger partial charge in [-0.05, 0) is 23.8 Å². The maximum atomic E-state index is 11.8. The van der Waals surface area contributed by atoms with E-state index in [0.29, 0.717) is 16.7 Å². The highest BCUT2D eigenvalue weighted by Gasteiger charge is 2.32. The Morgan fingerprint density at radius 3 is 1.64 bits per heavy atom. The summed E-state index contributed by atoms with van der Waals surface area (Å²) < 4.78 is 8.23. The number of benzene rings is 6. The van der Waals surface area contributed by atoms with Crippen molar-refractivity contribution >= 4 is 53.4 Å². The van der Waals surface area contributed by atoms with E-state index < -0.39 is 34.5 Å². The summed E-state index contributed by atoms with van der Waals surface area (Å²) in [5.41, 5.74) is 0.845. The van der Waals surface area contributed by atoms with Gasteiger partial charge in [-0.3, -0.25) is 0 Å². The van der Waals surface area contributed by atoms with E-state index in [1.54, 1.807) is 41.7 Å². The van der Waals surface area contributed by atoms with Crippen LogP contribution in [0.3, 0.4) is 0 Å². The van der Waals surface area contributed by atoms with Crippen LogP contribution >= 0.6 is 11.3 Å². The molecule has 11 heteroatoms. The largest absolute Gasteiger partial charge is 0.504 e. The van der Waals surface area contributed by atoms with Crippen LogP contribution in [-0.4, -0.2) is 45.6 Å². The van der Waals surface area contributed by atoms with Crippen molar-refractivity contribution in [2.45, 2.75) is 0 Å². The monoisotopic (exact) mass is 677 g/mol. The summed E-state index contributed by atoms with van der Waals surface area (Å²) in [6.45, 7) is 0. The number of hydrogen-bond acceptors (Lipinski definition) is 11. The molecule has 0 saturated heterocycles. The lowest BCUT2D eigenvalue weighted by molar-refractivity contribution is 0.371. The fourth-order valence-corrected chi connectivity index (χ4v) is 7.51. The Bertz CT molecular complexity index is 2780. The van der Waals surface area contributed by atoms with Crippen molar-refractivity contribution < 1.29 is 35.1 Å². The molecule has 0 fully saturated rings. The van der Waals surface area contributed by atoms with Crippen molar-refractivity contribution in [3.63, 3.8) is 0 Å². The third-order valence-corrected chi connectivity index (χ3v) is 9.95. The first kappa shape index (κ1) is 29.3. The predicted octanol–water partition coefficient (Wildman–Crippen LogP) is 9.04. The maximum Gasteiger partial charge on any atom is 0.201 e. The number of hydrogen-bond donors (Lipinski definition) is 6. The van der Waals surface area contributed by atoms with Crippen LogP contribution in [0.5, 0.6) is 34.5 Å². The van der Waals surface area contributed by atoms with Crippen LogP contribution in [0, 0.1) is 0 Å². The van der Waals surface area contributed by atoms with E-state index in [0.717, 1.165) is 20.2 Å². The lowest BCUT2D eigenvalue weighted by atomic mass is 9.97. The normalized spacial score (nSPS) is 11.7. The minimum atomic E-state index is -0.870. The van der Waals surface area contributed by atoms with Crippen molar-refractivity contribution in [1.29, 1.82) is 0 Å². The van der Waals surface area contributed by atoms with E-state index in [-0.39, 0.29) is 50.5 Å². The van der Waals surface area contributed by atoms with E-state index in [4.69, 9.17) is 4.42 Å². The number of furan rings is 1. The fraction of sp³-hybridized carbons (Fsp3) is 0. The molecule has 9 aromatic rings. The first-order valence-electron chi connectivity index (χ1n) is 15.4. The minimum Gasteiger partial charge on any atom is -0.504 e.